The molecule has 0 aliphatic heterocycles. The molecule has 1 aromatic heterocycles. The molecule has 2 aromatic rings. The van der Waals surface area contributed by atoms with Crippen LogP contribution in [0.4, 0.5) is 5.69 Å². The van der Waals surface area contributed by atoms with Crippen LogP contribution in [0.2, 0.25) is 10.0 Å². The van der Waals surface area contributed by atoms with E-state index in [1.807, 2.05) is 6.07 Å². The van der Waals surface area contributed by atoms with Gasteiger partial charge in [0, 0.05) is 20.6 Å². The molecule has 1 aromatic carbocycles. The lowest BCUT2D eigenvalue weighted by Crippen LogP contribution is -2.20. The van der Waals surface area contributed by atoms with Gasteiger partial charge < -0.3 is 10.1 Å². The Morgan fingerprint density at radius 2 is 1.79 bits per heavy atom. The highest BCUT2D eigenvalue weighted by Crippen LogP contribution is 2.30. The van der Waals surface area contributed by atoms with Crippen LogP contribution in [-0.2, 0) is 22.4 Å². The fraction of sp³-hybridized carbons (Fsp3) is 0.294. The van der Waals surface area contributed by atoms with Crippen molar-refractivity contribution in [1.82, 2.24) is 0 Å². The van der Waals surface area contributed by atoms with Crippen LogP contribution in [0.25, 0.3) is 0 Å². The molecule has 1 aliphatic rings. The van der Waals surface area contributed by atoms with E-state index in [0.717, 1.165) is 25.7 Å². The molecule has 4 nitrogen and oxygen atoms in total. The lowest BCUT2D eigenvalue weighted by Gasteiger charge is -2.08. The summed E-state index contributed by atoms with van der Waals surface area (Å²) >= 11 is 13.2. The largest absolute Gasteiger partial charge is 0.451 e. The summed E-state index contributed by atoms with van der Waals surface area (Å²) in [4.78, 5) is 25.8. The quantitative estimate of drug-likeness (QED) is 0.776. The maximum atomic E-state index is 12.1. The lowest BCUT2D eigenvalue weighted by molar-refractivity contribution is -0.119. The third-order valence-electron chi connectivity index (χ3n) is 3.68. The maximum Gasteiger partial charge on any atom is 0.348 e. The summed E-state index contributed by atoms with van der Waals surface area (Å²) in [5.74, 6) is -0.906. The number of benzene rings is 1. The highest BCUT2D eigenvalue weighted by Gasteiger charge is 2.19. The molecule has 0 saturated heterocycles. The predicted octanol–water partition coefficient (Wildman–Crippen LogP) is 4.73. The fourth-order valence-electron chi connectivity index (χ4n) is 2.62. The molecule has 0 fully saturated rings. The van der Waals surface area contributed by atoms with Gasteiger partial charge in [-0.05, 0) is 55.5 Å². The van der Waals surface area contributed by atoms with Crippen molar-refractivity contribution in [2.45, 2.75) is 25.7 Å². The molecule has 0 radical (unpaired) electrons. The number of thiophene rings is 1. The van der Waals surface area contributed by atoms with E-state index in [9.17, 15) is 9.59 Å². The standard InChI is InChI=1S/C17H15Cl2NO3S/c18-11-6-12(19)8-13(7-11)20-16(21)9-23-17(22)15-5-10-3-1-2-4-14(10)24-15/h5-8H,1-4,9H2,(H,20,21). The number of amides is 1. The van der Waals surface area contributed by atoms with Crippen LogP contribution in [0.3, 0.4) is 0 Å². The Kier molecular flexibility index (Phi) is 5.43. The number of carbonyl (C=O) groups is 2. The molecule has 1 aliphatic carbocycles. The third kappa shape index (κ3) is 4.29. The number of aryl methyl sites for hydroxylation is 2. The number of anilines is 1. The average Bonchev–Trinajstić information content (AvgIpc) is 2.95. The minimum absolute atomic E-state index is 0.356. The molecule has 1 N–H and O–H groups in total. The van der Waals surface area contributed by atoms with E-state index in [-0.39, 0.29) is 6.61 Å². The zero-order chi connectivity index (χ0) is 17.1. The summed E-state index contributed by atoms with van der Waals surface area (Å²) in [6, 6.07) is 6.59. The molecule has 7 heteroatoms. The normalized spacial score (nSPS) is 13.2. The minimum Gasteiger partial charge on any atom is -0.451 e. The number of rotatable bonds is 4. The van der Waals surface area contributed by atoms with Gasteiger partial charge in [0.2, 0.25) is 0 Å². The summed E-state index contributed by atoms with van der Waals surface area (Å²) in [7, 11) is 0. The Morgan fingerprint density at radius 1 is 1.08 bits per heavy atom. The second-order valence-electron chi connectivity index (χ2n) is 5.55. The number of esters is 1. The van der Waals surface area contributed by atoms with Crippen molar-refractivity contribution in [3.8, 4) is 0 Å². The van der Waals surface area contributed by atoms with E-state index in [1.165, 1.54) is 21.8 Å². The Hall–Kier alpha value is -1.56. The molecule has 1 amide bonds. The summed E-state index contributed by atoms with van der Waals surface area (Å²) in [6.45, 7) is -0.356. The number of halogens is 2. The summed E-state index contributed by atoms with van der Waals surface area (Å²) in [6.07, 6.45) is 4.34. The second-order valence-corrected chi connectivity index (χ2v) is 7.56. The Labute approximate surface area is 153 Å². The summed E-state index contributed by atoms with van der Waals surface area (Å²) in [5, 5.41) is 3.43. The van der Waals surface area contributed by atoms with Crippen LogP contribution in [0.1, 0.15) is 33.0 Å². The monoisotopic (exact) mass is 383 g/mol. The van der Waals surface area contributed by atoms with E-state index in [2.05, 4.69) is 5.32 Å². The number of nitrogens with one attached hydrogen (secondary N) is 1. The number of ether oxygens (including phenoxy) is 1. The topological polar surface area (TPSA) is 55.4 Å². The van der Waals surface area contributed by atoms with Gasteiger partial charge in [-0.3, -0.25) is 4.79 Å². The summed E-state index contributed by atoms with van der Waals surface area (Å²) in [5.41, 5.74) is 1.69. The van der Waals surface area contributed by atoms with Gasteiger partial charge in [0.1, 0.15) is 4.88 Å². The number of hydrogen-bond acceptors (Lipinski definition) is 4. The van der Waals surface area contributed by atoms with Crippen LogP contribution >= 0.6 is 34.5 Å². The van der Waals surface area contributed by atoms with Crippen molar-refractivity contribution < 1.29 is 14.3 Å². The molecule has 126 valence electrons. The van der Waals surface area contributed by atoms with Gasteiger partial charge in [-0.2, -0.15) is 0 Å². The molecule has 0 saturated carbocycles. The van der Waals surface area contributed by atoms with Crippen molar-refractivity contribution in [3.05, 3.63) is 49.6 Å². The van der Waals surface area contributed by atoms with Crippen molar-refractivity contribution in [2.75, 3.05) is 11.9 Å². The Morgan fingerprint density at radius 3 is 2.50 bits per heavy atom. The number of fused-ring (bicyclic) bond motifs is 1. The van der Waals surface area contributed by atoms with Gasteiger partial charge >= 0.3 is 5.97 Å². The Balaban J connectivity index is 1.55. The van der Waals surface area contributed by atoms with Crippen molar-refractivity contribution in [3.63, 3.8) is 0 Å². The molecular weight excluding hydrogens is 369 g/mol. The van der Waals surface area contributed by atoms with Gasteiger partial charge in [0.25, 0.3) is 5.91 Å². The van der Waals surface area contributed by atoms with Gasteiger partial charge in [-0.25, -0.2) is 4.79 Å². The van der Waals surface area contributed by atoms with Crippen molar-refractivity contribution in [1.29, 1.82) is 0 Å². The zero-order valence-electron chi connectivity index (χ0n) is 12.7. The van der Waals surface area contributed by atoms with Crippen LogP contribution in [-0.4, -0.2) is 18.5 Å². The maximum absolute atomic E-state index is 12.1. The molecule has 1 heterocycles. The smallest absolute Gasteiger partial charge is 0.348 e. The second kappa shape index (κ2) is 7.55. The first kappa shape index (κ1) is 17.3. The molecule has 0 spiro atoms. The van der Waals surface area contributed by atoms with Crippen LogP contribution < -0.4 is 5.32 Å². The van der Waals surface area contributed by atoms with Crippen LogP contribution in [0, 0.1) is 0 Å². The third-order valence-corrected chi connectivity index (χ3v) is 5.33. The first-order chi connectivity index (χ1) is 11.5. The molecule has 0 unspecified atom stereocenters. The van der Waals surface area contributed by atoms with Gasteiger partial charge in [0.05, 0.1) is 0 Å². The van der Waals surface area contributed by atoms with Gasteiger partial charge in [-0.15, -0.1) is 11.3 Å². The Bertz CT molecular complexity index is 744. The molecule has 3 rings (SSSR count). The summed E-state index contributed by atoms with van der Waals surface area (Å²) < 4.78 is 5.09. The van der Waals surface area contributed by atoms with E-state index >= 15 is 0 Å². The molecule has 0 atom stereocenters. The lowest BCUT2D eigenvalue weighted by atomic mass is 9.99. The first-order valence-corrected chi connectivity index (χ1v) is 9.13. The zero-order valence-corrected chi connectivity index (χ0v) is 15.1. The van der Waals surface area contributed by atoms with Crippen molar-refractivity contribution in [2.24, 2.45) is 0 Å². The van der Waals surface area contributed by atoms with E-state index in [4.69, 9.17) is 27.9 Å². The first-order valence-electron chi connectivity index (χ1n) is 7.56. The minimum atomic E-state index is -0.464. The SMILES string of the molecule is O=C(COC(=O)c1cc2c(s1)CCCC2)Nc1cc(Cl)cc(Cl)c1. The van der Waals surface area contributed by atoms with E-state index < -0.39 is 11.9 Å². The molecule has 0 bridgehead atoms. The van der Waals surface area contributed by atoms with E-state index in [1.54, 1.807) is 18.2 Å². The number of carbonyl (C=O) groups excluding carboxylic acids is 2. The highest BCUT2D eigenvalue weighted by atomic mass is 35.5. The van der Waals surface area contributed by atoms with E-state index in [0.29, 0.717) is 20.6 Å². The highest BCUT2D eigenvalue weighted by molar-refractivity contribution is 7.14. The van der Waals surface area contributed by atoms with Gasteiger partial charge in [0.15, 0.2) is 6.61 Å². The fourth-order valence-corrected chi connectivity index (χ4v) is 4.29. The average molecular weight is 384 g/mol. The van der Waals surface area contributed by atoms with Crippen LogP contribution in [0.15, 0.2) is 24.3 Å². The molecule has 24 heavy (non-hydrogen) atoms. The van der Waals surface area contributed by atoms with Crippen LogP contribution in [0.5, 0.6) is 0 Å². The van der Waals surface area contributed by atoms with Crippen molar-refractivity contribution >= 4 is 52.1 Å². The van der Waals surface area contributed by atoms with Gasteiger partial charge in [-0.1, -0.05) is 23.2 Å². The number of hydrogen-bond donors (Lipinski definition) is 1. The molecular formula is C17H15Cl2NO3S. The predicted molar refractivity (Wildman–Crippen MR) is 96.3 cm³/mol.